The predicted molar refractivity (Wildman–Crippen MR) is 91.1 cm³/mol. The van der Waals surface area contributed by atoms with Crippen LogP contribution in [0, 0.1) is 17.2 Å². The number of ether oxygens (including phenoxy) is 1. The van der Waals surface area contributed by atoms with Crippen molar-refractivity contribution in [3.05, 3.63) is 35.4 Å². The van der Waals surface area contributed by atoms with Gasteiger partial charge in [-0.05, 0) is 49.9 Å². The molecule has 1 atom stereocenters. The molecule has 0 saturated carbocycles. The lowest BCUT2D eigenvalue weighted by Gasteiger charge is -2.33. The van der Waals surface area contributed by atoms with Crippen LogP contribution in [-0.2, 0) is 16.1 Å². The number of nitriles is 1. The molecule has 5 nitrogen and oxygen atoms in total. The number of piperidine rings is 1. The second kappa shape index (κ2) is 8.27. The van der Waals surface area contributed by atoms with Crippen LogP contribution in [0.2, 0.25) is 0 Å². The molecule has 0 radical (unpaired) electrons. The molecule has 0 aromatic heterocycles. The van der Waals surface area contributed by atoms with Gasteiger partial charge in [0.15, 0.2) is 0 Å². The van der Waals surface area contributed by atoms with E-state index < -0.39 is 0 Å². The topological polar surface area (TPSA) is 65.4 Å². The van der Waals surface area contributed by atoms with E-state index in [4.69, 9.17) is 10.00 Å². The van der Waals surface area contributed by atoms with E-state index in [1.165, 1.54) is 0 Å². The predicted octanol–water partition coefficient (Wildman–Crippen LogP) is 2.07. The van der Waals surface area contributed by atoms with Crippen molar-refractivity contribution >= 4 is 5.91 Å². The third-order valence-corrected chi connectivity index (χ3v) is 4.91. The van der Waals surface area contributed by atoms with E-state index in [-0.39, 0.29) is 17.9 Å². The van der Waals surface area contributed by atoms with Gasteiger partial charge in [0.25, 0.3) is 0 Å². The molecule has 2 heterocycles. The van der Waals surface area contributed by atoms with Crippen LogP contribution in [0.25, 0.3) is 0 Å². The first-order chi connectivity index (χ1) is 11.7. The van der Waals surface area contributed by atoms with E-state index in [0.29, 0.717) is 5.56 Å². The molecule has 2 fully saturated rings. The molecular formula is C19H25N3O2. The third kappa shape index (κ3) is 4.56. The Morgan fingerprint density at radius 2 is 2.17 bits per heavy atom. The van der Waals surface area contributed by atoms with Gasteiger partial charge in [-0.25, -0.2) is 0 Å². The molecule has 0 bridgehead atoms. The van der Waals surface area contributed by atoms with Gasteiger partial charge in [-0.3, -0.25) is 9.69 Å². The quantitative estimate of drug-likeness (QED) is 0.919. The number of nitrogens with one attached hydrogen (secondary N) is 1. The highest BCUT2D eigenvalue weighted by Crippen LogP contribution is 2.20. The van der Waals surface area contributed by atoms with Crippen LogP contribution in [-0.4, -0.2) is 43.2 Å². The van der Waals surface area contributed by atoms with Crippen molar-refractivity contribution in [3.63, 3.8) is 0 Å². The standard InChI is InChI=1S/C19H25N3O2/c20-12-15-3-1-4-16(11-15)13-22-8-2-5-17(14-22)19(23)21-18-6-9-24-10-7-18/h1,3-4,11,17-18H,2,5-10,13-14H2,(H,21,23). The van der Waals surface area contributed by atoms with Crippen molar-refractivity contribution in [2.24, 2.45) is 5.92 Å². The van der Waals surface area contributed by atoms with E-state index in [1.54, 1.807) is 0 Å². The fraction of sp³-hybridized carbons (Fsp3) is 0.579. The van der Waals surface area contributed by atoms with Crippen LogP contribution in [0.15, 0.2) is 24.3 Å². The summed E-state index contributed by atoms with van der Waals surface area (Å²) in [6, 6.07) is 10.2. The lowest BCUT2D eigenvalue weighted by molar-refractivity contribution is -0.128. The Morgan fingerprint density at radius 1 is 1.33 bits per heavy atom. The Morgan fingerprint density at radius 3 is 2.96 bits per heavy atom. The monoisotopic (exact) mass is 327 g/mol. The van der Waals surface area contributed by atoms with Crippen molar-refractivity contribution in [2.75, 3.05) is 26.3 Å². The maximum absolute atomic E-state index is 12.5. The molecule has 2 aliphatic heterocycles. The van der Waals surface area contributed by atoms with Crippen LogP contribution in [0.1, 0.15) is 36.8 Å². The summed E-state index contributed by atoms with van der Waals surface area (Å²) in [6.45, 7) is 4.11. The molecule has 1 aromatic rings. The summed E-state index contributed by atoms with van der Waals surface area (Å²) in [6.07, 6.45) is 3.85. The second-order valence-corrected chi connectivity index (χ2v) is 6.78. The minimum atomic E-state index is 0.0701. The summed E-state index contributed by atoms with van der Waals surface area (Å²) >= 11 is 0. The number of nitrogens with zero attached hydrogens (tertiary/aromatic N) is 2. The molecule has 2 aliphatic rings. The molecule has 1 unspecified atom stereocenters. The summed E-state index contributed by atoms with van der Waals surface area (Å²) in [5.74, 6) is 0.262. The van der Waals surface area contributed by atoms with Crippen molar-refractivity contribution in [2.45, 2.75) is 38.3 Å². The van der Waals surface area contributed by atoms with Crippen LogP contribution in [0.3, 0.4) is 0 Å². The number of hydrogen-bond acceptors (Lipinski definition) is 4. The fourth-order valence-electron chi connectivity index (χ4n) is 3.57. The largest absolute Gasteiger partial charge is 0.381 e. The number of carbonyl (C=O) groups is 1. The summed E-state index contributed by atoms with van der Waals surface area (Å²) in [4.78, 5) is 14.9. The van der Waals surface area contributed by atoms with Gasteiger partial charge < -0.3 is 10.1 Å². The average molecular weight is 327 g/mol. The van der Waals surface area contributed by atoms with Crippen LogP contribution in [0.4, 0.5) is 0 Å². The molecule has 0 spiro atoms. The molecule has 5 heteroatoms. The van der Waals surface area contributed by atoms with Crippen LogP contribution < -0.4 is 5.32 Å². The normalized spacial score (nSPS) is 22.7. The van der Waals surface area contributed by atoms with Crippen molar-refractivity contribution < 1.29 is 9.53 Å². The highest BCUT2D eigenvalue weighted by Gasteiger charge is 2.27. The number of hydrogen-bond donors (Lipinski definition) is 1. The Kier molecular flexibility index (Phi) is 5.84. The molecule has 128 valence electrons. The first-order valence-corrected chi connectivity index (χ1v) is 8.84. The summed E-state index contributed by atoms with van der Waals surface area (Å²) in [5.41, 5.74) is 1.83. The van der Waals surface area contributed by atoms with E-state index in [9.17, 15) is 4.79 Å². The highest BCUT2D eigenvalue weighted by atomic mass is 16.5. The summed E-state index contributed by atoms with van der Waals surface area (Å²) < 4.78 is 5.35. The average Bonchev–Trinajstić information content (AvgIpc) is 2.63. The molecule has 1 N–H and O–H groups in total. The maximum Gasteiger partial charge on any atom is 0.224 e. The Bertz CT molecular complexity index is 605. The Hall–Kier alpha value is -1.90. The minimum absolute atomic E-state index is 0.0701. The van der Waals surface area contributed by atoms with E-state index >= 15 is 0 Å². The maximum atomic E-state index is 12.5. The number of amides is 1. The second-order valence-electron chi connectivity index (χ2n) is 6.78. The molecular weight excluding hydrogens is 302 g/mol. The van der Waals surface area contributed by atoms with E-state index in [2.05, 4.69) is 16.3 Å². The third-order valence-electron chi connectivity index (χ3n) is 4.91. The van der Waals surface area contributed by atoms with Crippen LogP contribution in [0.5, 0.6) is 0 Å². The van der Waals surface area contributed by atoms with Gasteiger partial charge in [0.05, 0.1) is 17.6 Å². The van der Waals surface area contributed by atoms with E-state index in [1.807, 2.05) is 24.3 Å². The zero-order valence-electron chi connectivity index (χ0n) is 14.0. The highest BCUT2D eigenvalue weighted by molar-refractivity contribution is 5.79. The fourth-order valence-corrected chi connectivity index (χ4v) is 3.57. The molecule has 1 amide bonds. The Labute approximate surface area is 143 Å². The number of likely N-dealkylation sites (tertiary alicyclic amines) is 1. The zero-order chi connectivity index (χ0) is 16.8. The molecule has 2 saturated heterocycles. The Balaban J connectivity index is 1.53. The molecule has 3 rings (SSSR count). The van der Waals surface area contributed by atoms with Crippen molar-refractivity contribution in [1.82, 2.24) is 10.2 Å². The van der Waals surface area contributed by atoms with Crippen molar-refractivity contribution in [3.8, 4) is 6.07 Å². The van der Waals surface area contributed by atoms with Gasteiger partial charge in [-0.1, -0.05) is 12.1 Å². The molecule has 1 aromatic carbocycles. The smallest absolute Gasteiger partial charge is 0.224 e. The van der Waals surface area contributed by atoms with Gasteiger partial charge in [-0.2, -0.15) is 5.26 Å². The number of rotatable bonds is 4. The summed E-state index contributed by atoms with van der Waals surface area (Å²) in [5, 5.41) is 12.2. The van der Waals surface area contributed by atoms with Gasteiger partial charge in [0.1, 0.15) is 0 Å². The van der Waals surface area contributed by atoms with Gasteiger partial charge >= 0.3 is 0 Å². The molecule has 0 aliphatic carbocycles. The minimum Gasteiger partial charge on any atom is -0.381 e. The van der Waals surface area contributed by atoms with Gasteiger partial charge in [0, 0.05) is 32.3 Å². The zero-order valence-corrected chi connectivity index (χ0v) is 14.0. The van der Waals surface area contributed by atoms with Crippen molar-refractivity contribution in [1.29, 1.82) is 5.26 Å². The first kappa shape index (κ1) is 16.9. The van der Waals surface area contributed by atoms with Crippen LogP contribution >= 0.6 is 0 Å². The molecule has 24 heavy (non-hydrogen) atoms. The van der Waals surface area contributed by atoms with E-state index in [0.717, 1.165) is 64.1 Å². The number of benzene rings is 1. The van der Waals surface area contributed by atoms with Gasteiger partial charge in [0.2, 0.25) is 5.91 Å². The first-order valence-electron chi connectivity index (χ1n) is 8.84. The van der Waals surface area contributed by atoms with Gasteiger partial charge in [-0.15, -0.1) is 0 Å². The SMILES string of the molecule is N#Cc1cccc(CN2CCCC(C(=O)NC3CCOCC3)C2)c1. The number of carbonyl (C=O) groups excluding carboxylic acids is 1. The lowest BCUT2D eigenvalue weighted by atomic mass is 9.95. The lowest BCUT2D eigenvalue weighted by Crippen LogP contribution is -2.47. The summed E-state index contributed by atoms with van der Waals surface area (Å²) in [7, 11) is 0.